The minimum absolute atomic E-state index is 0.0765. The summed E-state index contributed by atoms with van der Waals surface area (Å²) >= 11 is 0. The number of carbonyl (C=O) groups excluding carboxylic acids is 1. The molecule has 1 aromatic heterocycles. The highest BCUT2D eigenvalue weighted by atomic mass is 16.3. The number of para-hydroxylation sites is 1. The summed E-state index contributed by atoms with van der Waals surface area (Å²) < 4.78 is 5.69. The predicted molar refractivity (Wildman–Crippen MR) is 78.6 cm³/mol. The number of rotatable bonds is 6. The third-order valence-electron chi connectivity index (χ3n) is 3.51. The van der Waals surface area contributed by atoms with Crippen molar-refractivity contribution in [3.8, 4) is 0 Å². The van der Waals surface area contributed by atoms with Crippen LogP contribution in [0.25, 0.3) is 11.0 Å². The van der Waals surface area contributed by atoms with Crippen LogP contribution in [-0.2, 0) is 4.79 Å². The van der Waals surface area contributed by atoms with Gasteiger partial charge in [0.05, 0.1) is 12.0 Å². The van der Waals surface area contributed by atoms with Crippen LogP contribution in [0.2, 0.25) is 0 Å². The van der Waals surface area contributed by atoms with E-state index < -0.39 is 0 Å². The van der Waals surface area contributed by atoms with Gasteiger partial charge in [0.1, 0.15) is 11.3 Å². The first-order chi connectivity index (χ1) is 9.61. The minimum atomic E-state index is -0.350. The van der Waals surface area contributed by atoms with Crippen molar-refractivity contribution in [2.24, 2.45) is 0 Å². The van der Waals surface area contributed by atoms with Gasteiger partial charge in [0.25, 0.3) is 0 Å². The molecule has 0 radical (unpaired) electrons. The number of carbonyl (C=O) groups is 1. The van der Waals surface area contributed by atoms with E-state index in [1.165, 1.54) is 0 Å². The van der Waals surface area contributed by atoms with Crippen LogP contribution < -0.4 is 5.32 Å². The van der Waals surface area contributed by atoms with E-state index in [1.807, 2.05) is 44.2 Å². The lowest BCUT2D eigenvalue weighted by molar-refractivity contribution is -0.122. The normalized spacial score (nSPS) is 14.2. The highest BCUT2D eigenvalue weighted by Crippen LogP contribution is 2.24. The maximum absolute atomic E-state index is 12.0. The lowest BCUT2D eigenvalue weighted by Crippen LogP contribution is -2.30. The van der Waals surface area contributed by atoms with E-state index in [0.717, 1.165) is 11.0 Å². The first-order valence-corrected chi connectivity index (χ1v) is 7.06. The Kier molecular flexibility index (Phi) is 4.79. The molecule has 0 aliphatic rings. The highest BCUT2D eigenvalue weighted by molar-refractivity contribution is 5.85. The lowest BCUT2D eigenvalue weighted by Gasteiger charge is -2.11. The van der Waals surface area contributed by atoms with Crippen LogP contribution in [0.1, 0.15) is 38.4 Å². The molecule has 2 atom stereocenters. The summed E-state index contributed by atoms with van der Waals surface area (Å²) in [5.74, 6) is 0.258. The summed E-state index contributed by atoms with van der Waals surface area (Å²) in [4.78, 5) is 12.0. The zero-order valence-electron chi connectivity index (χ0n) is 11.9. The minimum Gasteiger partial charge on any atom is -0.460 e. The van der Waals surface area contributed by atoms with Crippen molar-refractivity contribution in [2.75, 3.05) is 6.54 Å². The molecule has 4 nitrogen and oxygen atoms in total. The van der Waals surface area contributed by atoms with E-state index in [4.69, 9.17) is 4.42 Å². The molecule has 4 heteroatoms. The molecule has 1 aromatic carbocycles. The van der Waals surface area contributed by atoms with Crippen LogP contribution in [0.4, 0.5) is 0 Å². The van der Waals surface area contributed by atoms with Crippen molar-refractivity contribution < 1.29 is 14.3 Å². The molecular weight excluding hydrogens is 254 g/mol. The smallest absolute Gasteiger partial charge is 0.230 e. The third-order valence-corrected chi connectivity index (χ3v) is 3.51. The first kappa shape index (κ1) is 14.6. The summed E-state index contributed by atoms with van der Waals surface area (Å²) in [7, 11) is 0. The Morgan fingerprint density at radius 2 is 2.15 bits per heavy atom. The fraction of sp³-hybridized carbons (Fsp3) is 0.438. The molecule has 0 saturated heterocycles. The average Bonchev–Trinajstić information content (AvgIpc) is 2.89. The molecule has 0 spiro atoms. The Hall–Kier alpha value is -1.81. The number of fused-ring (bicyclic) bond motifs is 1. The van der Waals surface area contributed by atoms with Gasteiger partial charge < -0.3 is 14.8 Å². The van der Waals surface area contributed by atoms with Gasteiger partial charge in [-0.05, 0) is 31.9 Å². The quantitative estimate of drug-likeness (QED) is 0.852. The van der Waals surface area contributed by atoms with Gasteiger partial charge in [0.15, 0.2) is 0 Å². The van der Waals surface area contributed by atoms with Crippen molar-refractivity contribution in [2.45, 2.75) is 38.7 Å². The monoisotopic (exact) mass is 275 g/mol. The van der Waals surface area contributed by atoms with Crippen LogP contribution in [0, 0.1) is 0 Å². The van der Waals surface area contributed by atoms with E-state index in [-0.39, 0.29) is 17.9 Å². The Morgan fingerprint density at radius 3 is 2.85 bits per heavy atom. The van der Waals surface area contributed by atoms with Gasteiger partial charge in [-0.2, -0.15) is 0 Å². The molecule has 0 aliphatic carbocycles. The Morgan fingerprint density at radius 1 is 1.40 bits per heavy atom. The van der Waals surface area contributed by atoms with Crippen LogP contribution in [0.5, 0.6) is 0 Å². The molecule has 108 valence electrons. The van der Waals surface area contributed by atoms with Crippen molar-refractivity contribution >= 4 is 16.9 Å². The van der Waals surface area contributed by atoms with Gasteiger partial charge >= 0.3 is 0 Å². The van der Waals surface area contributed by atoms with Gasteiger partial charge in [-0.15, -0.1) is 0 Å². The van der Waals surface area contributed by atoms with E-state index in [1.54, 1.807) is 0 Å². The van der Waals surface area contributed by atoms with E-state index in [0.29, 0.717) is 25.1 Å². The maximum atomic E-state index is 12.0. The number of furan rings is 1. The van der Waals surface area contributed by atoms with E-state index >= 15 is 0 Å². The van der Waals surface area contributed by atoms with Crippen LogP contribution in [-0.4, -0.2) is 23.7 Å². The number of hydrogen-bond acceptors (Lipinski definition) is 3. The molecule has 2 N–H and O–H groups in total. The number of amides is 1. The van der Waals surface area contributed by atoms with Gasteiger partial charge in [-0.3, -0.25) is 4.79 Å². The zero-order chi connectivity index (χ0) is 14.5. The number of hydrogen-bond donors (Lipinski definition) is 2. The number of nitrogens with one attached hydrogen (secondary N) is 1. The first-order valence-electron chi connectivity index (χ1n) is 7.06. The maximum Gasteiger partial charge on any atom is 0.230 e. The Balaban J connectivity index is 1.96. The van der Waals surface area contributed by atoms with Crippen molar-refractivity contribution in [3.05, 3.63) is 36.1 Å². The Bertz CT molecular complexity index is 543. The summed E-state index contributed by atoms with van der Waals surface area (Å²) in [6.07, 6.45) is 0.932. The van der Waals surface area contributed by atoms with E-state index in [9.17, 15) is 9.90 Å². The van der Waals surface area contributed by atoms with Gasteiger partial charge in [0.2, 0.25) is 5.91 Å². The molecular formula is C16H21NO3. The number of benzene rings is 1. The van der Waals surface area contributed by atoms with E-state index in [2.05, 4.69) is 5.32 Å². The Labute approximate surface area is 118 Å². The van der Waals surface area contributed by atoms with Gasteiger partial charge in [-0.1, -0.05) is 25.1 Å². The number of aliphatic hydroxyl groups excluding tert-OH is 1. The molecule has 1 heterocycles. The SMILES string of the molecule is CCC(O)CCNC(=O)C(C)c1cc2ccccc2o1. The fourth-order valence-corrected chi connectivity index (χ4v) is 2.06. The third kappa shape index (κ3) is 3.39. The second kappa shape index (κ2) is 6.57. The number of aliphatic hydroxyl groups is 1. The van der Waals surface area contributed by atoms with Crippen LogP contribution in [0.3, 0.4) is 0 Å². The molecule has 0 fully saturated rings. The summed E-state index contributed by atoms with van der Waals surface area (Å²) in [6.45, 7) is 4.23. The average molecular weight is 275 g/mol. The van der Waals surface area contributed by atoms with Gasteiger partial charge in [-0.25, -0.2) is 0 Å². The summed E-state index contributed by atoms with van der Waals surface area (Å²) in [6, 6.07) is 9.61. The van der Waals surface area contributed by atoms with Gasteiger partial charge in [0, 0.05) is 11.9 Å². The van der Waals surface area contributed by atoms with Crippen LogP contribution >= 0.6 is 0 Å². The molecule has 0 bridgehead atoms. The molecule has 0 saturated carbocycles. The molecule has 2 rings (SSSR count). The van der Waals surface area contributed by atoms with Crippen LogP contribution in [0.15, 0.2) is 34.7 Å². The highest BCUT2D eigenvalue weighted by Gasteiger charge is 2.19. The molecule has 2 unspecified atom stereocenters. The fourth-order valence-electron chi connectivity index (χ4n) is 2.06. The van der Waals surface area contributed by atoms with Crippen molar-refractivity contribution in [1.29, 1.82) is 0 Å². The molecule has 20 heavy (non-hydrogen) atoms. The molecule has 2 aromatic rings. The zero-order valence-corrected chi connectivity index (χ0v) is 11.9. The summed E-state index contributed by atoms with van der Waals surface area (Å²) in [5.41, 5.74) is 0.795. The second-order valence-electron chi connectivity index (χ2n) is 5.05. The molecule has 0 aliphatic heterocycles. The second-order valence-corrected chi connectivity index (χ2v) is 5.05. The van der Waals surface area contributed by atoms with Crippen molar-refractivity contribution in [3.63, 3.8) is 0 Å². The predicted octanol–water partition coefficient (Wildman–Crippen LogP) is 2.81. The topological polar surface area (TPSA) is 62.5 Å². The standard InChI is InChI=1S/C16H21NO3/c1-3-13(18)8-9-17-16(19)11(2)15-10-12-6-4-5-7-14(12)20-15/h4-7,10-11,13,18H,3,8-9H2,1-2H3,(H,17,19). The lowest BCUT2D eigenvalue weighted by atomic mass is 10.1. The summed E-state index contributed by atoms with van der Waals surface area (Å²) in [5, 5.41) is 13.3. The van der Waals surface area contributed by atoms with Crippen molar-refractivity contribution in [1.82, 2.24) is 5.32 Å². The largest absolute Gasteiger partial charge is 0.460 e. The molecule has 1 amide bonds.